The number of carbonyl (C=O) groups is 1. The van der Waals surface area contributed by atoms with E-state index in [1.165, 1.54) is 11.8 Å². The fourth-order valence-corrected chi connectivity index (χ4v) is 5.05. The van der Waals surface area contributed by atoms with Crippen LogP contribution in [-0.2, 0) is 4.79 Å². The minimum absolute atomic E-state index is 0.171. The van der Waals surface area contributed by atoms with Crippen LogP contribution in [0.1, 0.15) is 32.6 Å². The van der Waals surface area contributed by atoms with Crippen LogP contribution in [-0.4, -0.2) is 64.3 Å². The minimum Gasteiger partial charge on any atom is -0.453 e. The van der Waals surface area contributed by atoms with Crippen molar-refractivity contribution >= 4 is 35.2 Å². The molecule has 1 amide bonds. The Labute approximate surface area is 233 Å². The molecule has 3 heterocycles. The van der Waals surface area contributed by atoms with Crippen LogP contribution in [0.25, 0.3) is 0 Å². The second kappa shape index (κ2) is 14.4. The Morgan fingerprint density at radius 2 is 1.92 bits per heavy atom. The molecular weight excluding hydrogens is 512 g/mol. The molecule has 0 aliphatic carbocycles. The molecule has 0 radical (unpaired) electrons. The number of rotatable bonds is 9. The lowest BCUT2D eigenvalue weighted by Crippen LogP contribution is -2.45. The Morgan fingerprint density at radius 1 is 1.15 bits per heavy atom. The van der Waals surface area contributed by atoms with E-state index >= 15 is 0 Å². The van der Waals surface area contributed by atoms with E-state index in [1.54, 1.807) is 24.3 Å². The number of ether oxygens (including phenoxy) is 1. The molecule has 1 fully saturated rings. The van der Waals surface area contributed by atoms with E-state index in [9.17, 15) is 4.79 Å². The summed E-state index contributed by atoms with van der Waals surface area (Å²) >= 11 is 1.51. The molecule has 0 spiro atoms. The van der Waals surface area contributed by atoms with Crippen molar-refractivity contribution < 1.29 is 14.6 Å². The zero-order valence-corrected chi connectivity index (χ0v) is 23.1. The smallest absolute Gasteiger partial charge is 0.248 e. The highest BCUT2D eigenvalue weighted by atomic mass is 32.2. The average Bonchev–Trinajstić information content (AvgIpc) is 2.98. The van der Waals surface area contributed by atoms with Crippen molar-refractivity contribution in [1.82, 2.24) is 20.2 Å². The van der Waals surface area contributed by atoms with Gasteiger partial charge < -0.3 is 20.1 Å². The van der Waals surface area contributed by atoms with Crippen LogP contribution in [0.3, 0.4) is 0 Å². The third-order valence-corrected chi connectivity index (χ3v) is 7.16. The summed E-state index contributed by atoms with van der Waals surface area (Å²) in [5, 5.41) is 13.5. The molecule has 9 nitrogen and oxygen atoms in total. The summed E-state index contributed by atoms with van der Waals surface area (Å²) in [5.74, 6) is 3.24. The molecule has 0 unspecified atom stereocenters. The Bertz CT molecular complexity index is 1280. The molecule has 204 valence electrons. The lowest BCUT2D eigenvalue weighted by Gasteiger charge is -2.32. The van der Waals surface area contributed by atoms with Gasteiger partial charge in [-0.2, -0.15) is 0 Å². The number of piperidine rings is 1. The highest BCUT2D eigenvalue weighted by Crippen LogP contribution is 2.35. The molecule has 0 bridgehead atoms. The lowest BCUT2D eigenvalue weighted by molar-refractivity contribution is -0.135. The number of benzene rings is 1. The molecule has 1 saturated heterocycles. The molecule has 1 aromatic carbocycles. The van der Waals surface area contributed by atoms with Gasteiger partial charge in [0.05, 0.1) is 0 Å². The van der Waals surface area contributed by atoms with Gasteiger partial charge in [0.25, 0.3) is 0 Å². The molecule has 4 rings (SSSR count). The fraction of sp³-hybridized carbons (Fsp3) is 0.345. The van der Waals surface area contributed by atoms with E-state index in [2.05, 4.69) is 27.2 Å². The third-order valence-electron chi connectivity index (χ3n) is 6.25. The number of aliphatic hydroxyl groups is 1. The highest BCUT2D eigenvalue weighted by Gasteiger charge is 2.26. The van der Waals surface area contributed by atoms with Crippen molar-refractivity contribution in [3.05, 3.63) is 67.0 Å². The van der Waals surface area contributed by atoms with Crippen molar-refractivity contribution in [3.63, 3.8) is 0 Å². The fourth-order valence-electron chi connectivity index (χ4n) is 4.28. The van der Waals surface area contributed by atoms with Gasteiger partial charge in [-0.25, -0.2) is 15.0 Å². The van der Waals surface area contributed by atoms with Crippen LogP contribution in [0.4, 0.5) is 5.82 Å². The topological polar surface area (TPSA) is 112 Å². The van der Waals surface area contributed by atoms with Crippen molar-refractivity contribution in [2.24, 2.45) is 15.9 Å². The van der Waals surface area contributed by atoms with Gasteiger partial charge in [0.2, 0.25) is 5.91 Å². The number of hydrogen-bond donors (Lipinski definition) is 2. The van der Waals surface area contributed by atoms with Crippen LogP contribution in [0.2, 0.25) is 0 Å². The number of aromatic nitrogens is 2. The van der Waals surface area contributed by atoms with E-state index in [-0.39, 0.29) is 11.8 Å². The summed E-state index contributed by atoms with van der Waals surface area (Å²) in [4.78, 5) is 32.9. The molecule has 1 aliphatic heterocycles. The number of amides is 1. The molecule has 39 heavy (non-hydrogen) atoms. The molecule has 2 aromatic heterocycles. The lowest BCUT2D eigenvalue weighted by atomic mass is 9.95. The maximum Gasteiger partial charge on any atom is 0.248 e. The second-order valence-electron chi connectivity index (χ2n) is 9.03. The first-order valence-corrected chi connectivity index (χ1v) is 13.9. The number of carbonyl (C=O) groups excluding carboxylic acids is 1. The van der Waals surface area contributed by atoms with Crippen LogP contribution >= 0.6 is 11.8 Å². The van der Waals surface area contributed by atoms with Crippen LogP contribution in [0.15, 0.2) is 86.9 Å². The normalized spacial score (nSPS) is 14.8. The minimum atomic E-state index is -0.454. The van der Waals surface area contributed by atoms with E-state index in [0.29, 0.717) is 36.8 Å². The molecule has 0 saturated carbocycles. The summed E-state index contributed by atoms with van der Waals surface area (Å²) in [7, 11) is 1.77. The molecule has 2 N–H and O–H groups in total. The third kappa shape index (κ3) is 8.11. The van der Waals surface area contributed by atoms with E-state index in [1.807, 2.05) is 54.6 Å². The van der Waals surface area contributed by atoms with Gasteiger partial charge in [-0.15, -0.1) is 0 Å². The van der Waals surface area contributed by atoms with Gasteiger partial charge in [-0.1, -0.05) is 43.0 Å². The number of amidine groups is 2. The number of para-hydroxylation sites is 1. The van der Waals surface area contributed by atoms with Gasteiger partial charge in [-0.3, -0.25) is 9.79 Å². The molecule has 0 atom stereocenters. The van der Waals surface area contributed by atoms with E-state index in [4.69, 9.17) is 14.8 Å². The summed E-state index contributed by atoms with van der Waals surface area (Å²) in [6, 6.07) is 17.3. The number of aliphatic hydroxyl groups excluding tert-OH is 1. The van der Waals surface area contributed by atoms with Crippen LogP contribution < -0.4 is 10.1 Å². The largest absolute Gasteiger partial charge is 0.453 e. The first-order valence-electron chi connectivity index (χ1n) is 13.1. The second-order valence-corrected chi connectivity index (χ2v) is 10.1. The van der Waals surface area contributed by atoms with Gasteiger partial charge in [0.1, 0.15) is 29.1 Å². The number of likely N-dealkylation sites (tertiary alicyclic amines) is 1. The quantitative estimate of drug-likeness (QED) is 0.284. The number of nitrogens with zero attached hydrogens (tertiary/aromatic N) is 5. The molecular formula is C29H34N6O3S. The van der Waals surface area contributed by atoms with Crippen LogP contribution in [0, 0.1) is 5.92 Å². The molecule has 1 aliphatic rings. The Hall–Kier alpha value is -3.76. The summed E-state index contributed by atoms with van der Waals surface area (Å²) in [5.41, 5.74) is 0. The predicted octanol–water partition coefficient (Wildman–Crippen LogP) is 5.10. The van der Waals surface area contributed by atoms with Crippen molar-refractivity contribution in [2.75, 3.05) is 26.7 Å². The first kappa shape index (κ1) is 28.3. The first-order chi connectivity index (χ1) is 19.1. The summed E-state index contributed by atoms with van der Waals surface area (Å²) in [6.45, 7) is 2.83. The van der Waals surface area contributed by atoms with Gasteiger partial charge in [-0.05, 0) is 43.5 Å². The monoisotopic (exact) mass is 546 g/mol. The van der Waals surface area contributed by atoms with Crippen molar-refractivity contribution in [2.45, 2.75) is 42.5 Å². The van der Waals surface area contributed by atoms with Crippen molar-refractivity contribution in [1.29, 1.82) is 0 Å². The van der Waals surface area contributed by atoms with Crippen molar-refractivity contribution in [3.8, 4) is 11.5 Å². The van der Waals surface area contributed by atoms with Gasteiger partial charge in [0, 0.05) is 55.8 Å². The average molecular weight is 547 g/mol. The standard InChI is InChI=1S/C29H34N6O3S/c1-3-9-25(33-28(30-2)21-13-16-35(17-14-21)27(37)20-36)34-29-24(38-22-10-5-4-6-11-22)18-23(19-32-29)39-26-12-7-8-15-31-26/h4-8,10-12,15,18-19,21,36H,3,9,13-14,16-17,20H2,1-2H3,(H,30,32,33,34). The van der Waals surface area contributed by atoms with E-state index in [0.717, 1.165) is 40.9 Å². The summed E-state index contributed by atoms with van der Waals surface area (Å²) < 4.78 is 6.24. The number of pyridine rings is 2. The molecule has 10 heteroatoms. The van der Waals surface area contributed by atoms with E-state index < -0.39 is 6.61 Å². The Kier molecular flexibility index (Phi) is 10.4. The van der Waals surface area contributed by atoms with Crippen LogP contribution in [0.5, 0.6) is 11.5 Å². The predicted molar refractivity (Wildman–Crippen MR) is 154 cm³/mol. The Balaban J connectivity index is 1.57. The zero-order chi connectivity index (χ0) is 27.5. The Morgan fingerprint density at radius 3 is 2.59 bits per heavy atom. The maximum atomic E-state index is 11.9. The van der Waals surface area contributed by atoms with Gasteiger partial charge >= 0.3 is 0 Å². The highest BCUT2D eigenvalue weighted by molar-refractivity contribution is 7.99. The SMILES string of the molecule is CCC/C(=N\c1ncc(Sc2ccccn2)cc1Oc1ccccc1)NC(=NC)C1CCN(C(=O)CO)CC1. The summed E-state index contributed by atoms with van der Waals surface area (Å²) in [6.07, 6.45) is 6.67. The van der Waals surface area contributed by atoms with Gasteiger partial charge in [0.15, 0.2) is 11.6 Å². The molecule has 3 aromatic rings. The number of nitrogens with one attached hydrogen (secondary N) is 1. The number of aliphatic imine (C=N–C) groups is 2. The maximum absolute atomic E-state index is 11.9. The number of hydrogen-bond acceptors (Lipinski definition) is 8. The zero-order valence-electron chi connectivity index (χ0n) is 22.3.